The Kier molecular flexibility index (Phi) is 11.7. The summed E-state index contributed by atoms with van der Waals surface area (Å²) >= 11 is 0. The van der Waals surface area contributed by atoms with E-state index in [4.69, 9.17) is 4.74 Å². The van der Waals surface area contributed by atoms with Crippen molar-refractivity contribution in [3.63, 3.8) is 0 Å². The highest BCUT2D eigenvalue weighted by atomic mass is 127. The smallest absolute Gasteiger partial charge is 0.191 e. The quantitative estimate of drug-likeness (QED) is 0.242. The number of methoxy groups -OCH3 is 1. The van der Waals surface area contributed by atoms with Gasteiger partial charge in [-0.25, -0.2) is 0 Å². The maximum atomic E-state index is 5.30. The van der Waals surface area contributed by atoms with Gasteiger partial charge in [-0.15, -0.1) is 24.0 Å². The van der Waals surface area contributed by atoms with Gasteiger partial charge in [-0.1, -0.05) is 12.1 Å². The second-order valence-corrected chi connectivity index (χ2v) is 7.07. The summed E-state index contributed by atoms with van der Waals surface area (Å²) in [7, 11) is 7.74. The lowest BCUT2D eigenvalue weighted by atomic mass is 10.1. The lowest BCUT2D eigenvalue weighted by Gasteiger charge is -2.29. The third kappa shape index (κ3) is 8.23. The Hall–Kier alpha value is -1.06. The molecular formula is C20H36IN5O. The van der Waals surface area contributed by atoms with Crippen LogP contribution in [0.1, 0.15) is 30.9 Å². The highest BCUT2D eigenvalue weighted by Crippen LogP contribution is 2.26. The van der Waals surface area contributed by atoms with E-state index in [-0.39, 0.29) is 24.0 Å². The Morgan fingerprint density at radius 3 is 2.41 bits per heavy atom. The minimum Gasteiger partial charge on any atom is -0.497 e. The summed E-state index contributed by atoms with van der Waals surface area (Å²) < 4.78 is 5.30. The average Bonchev–Trinajstić information content (AvgIpc) is 3.18. The van der Waals surface area contributed by atoms with Crippen molar-refractivity contribution in [2.45, 2.75) is 25.3 Å². The van der Waals surface area contributed by atoms with Crippen molar-refractivity contribution in [2.24, 2.45) is 4.99 Å². The van der Waals surface area contributed by atoms with Crippen LogP contribution in [0.25, 0.3) is 0 Å². The van der Waals surface area contributed by atoms with Gasteiger partial charge in [0.15, 0.2) is 5.96 Å². The standard InChI is InChI=1S/C20H35N5O.HI/c1-21-20(22-12-7-13-24(2)3)23-16-19(25-14-5-6-15-25)17-8-10-18(26-4)11-9-17;/h8-11,19H,5-7,12-16H2,1-4H3,(H2,21,22,23);1H. The molecule has 0 bridgehead atoms. The van der Waals surface area contributed by atoms with Crippen LogP contribution < -0.4 is 15.4 Å². The van der Waals surface area contributed by atoms with Gasteiger partial charge in [0.25, 0.3) is 0 Å². The number of aliphatic imine (C=N–C) groups is 1. The zero-order chi connectivity index (χ0) is 18.8. The van der Waals surface area contributed by atoms with E-state index >= 15 is 0 Å². The second kappa shape index (κ2) is 13.2. The van der Waals surface area contributed by atoms with Crippen LogP contribution in [-0.4, -0.2) is 76.7 Å². The first-order chi connectivity index (χ1) is 12.6. The summed E-state index contributed by atoms with van der Waals surface area (Å²) in [6.45, 7) is 5.17. The predicted molar refractivity (Wildman–Crippen MR) is 124 cm³/mol. The molecule has 6 nitrogen and oxygen atoms in total. The van der Waals surface area contributed by atoms with Gasteiger partial charge in [-0.05, 0) is 70.7 Å². The van der Waals surface area contributed by atoms with E-state index in [0.717, 1.165) is 50.9 Å². The molecule has 0 aliphatic carbocycles. The average molecular weight is 489 g/mol. The maximum Gasteiger partial charge on any atom is 0.191 e. The first-order valence-corrected chi connectivity index (χ1v) is 9.61. The topological polar surface area (TPSA) is 52.1 Å². The van der Waals surface area contributed by atoms with Crippen molar-refractivity contribution in [2.75, 3.05) is 61.0 Å². The molecule has 154 valence electrons. The van der Waals surface area contributed by atoms with Gasteiger partial charge in [-0.3, -0.25) is 9.89 Å². The molecule has 1 unspecified atom stereocenters. The Morgan fingerprint density at radius 1 is 1.19 bits per heavy atom. The summed E-state index contributed by atoms with van der Waals surface area (Å²) in [5.41, 5.74) is 1.32. The molecule has 2 N–H and O–H groups in total. The van der Waals surface area contributed by atoms with Crippen LogP contribution in [-0.2, 0) is 0 Å². The second-order valence-electron chi connectivity index (χ2n) is 7.07. The number of halogens is 1. The molecule has 1 aromatic carbocycles. The van der Waals surface area contributed by atoms with E-state index in [1.807, 2.05) is 19.2 Å². The lowest BCUT2D eigenvalue weighted by molar-refractivity contribution is 0.245. The molecule has 1 saturated heterocycles. The minimum absolute atomic E-state index is 0. The highest BCUT2D eigenvalue weighted by molar-refractivity contribution is 14.0. The van der Waals surface area contributed by atoms with Gasteiger partial charge in [0.1, 0.15) is 5.75 Å². The first kappa shape index (κ1) is 24.0. The van der Waals surface area contributed by atoms with Crippen molar-refractivity contribution in [3.8, 4) is 5.75 Å². The summed E-state index contributed by atoms with van der Waals surface area (Å²) in [5.74, 6) is 1.78. The fraction of sp³-hybridized carbons (Fsp3) is 0.650. The van der Waals surface area contributed by atoms with Crippen molar-refractivity contribution >= 4 is 29.9 Å². The molecule has 1 atom stereocenters. The van der Waals surface area contributed by atoms with Crippen LogP contribution in [0.3, 0.4) is 0 Å². The third-order valence-corrected chi connectivity index (χ3v) is 4.84. The molecule has 2 rings (SSSR count). The number of hydrogen-bond acceptors (Lipinski definition) is 4. The van der Waals surface area contributed by atoms with Crippen LogP contribution in [0.2, 0.25) is 0 Å². The van der Waals surface area contributed by atoms with Crippen molar-refractivity contribution < 1.29 is 4.74 Å². The maximum absolute atomic E-state index is 5.30. The molecule has 0 amide bonds. The van der Waals surface area contributed by atoms with Gasteiger partial charge < -0.3 is 20.3 Å². The van der Waals surface area contributed by atoms with E-state index in [1.54, 1.807) is 7.11 Å². The number of ether oxygens (including phenoxy) is 1. The van der Waals surface area contributed by atoms with E-state index in [1.165, 1.54) is 18.4 Å². The van der Waals surface area contributed by atoms with Crippen LogP contribution in [0.4, 0.5) is 0 Å². The molecule has 0 saturated carbocycles. The summed E-state index contributed by atoms with van der Waals surface area (Å²) in [6.07, 6.45) is 3.66. The number of guanidine groups is 1. The molecular weight excluding hydrogens is 453 g/mol. The van der Waals surface area contributed by atoms with Crippen molar-refractivity contribution in [1.82, 2.24) is 20.4 Å². The van der Waals surface area contributed by atoms with Gasteiger partial charge in [-0.2, -0.15) is 0 Å². The SMILES string of the molecule is CN=C(NCCCN(C)C)NCC(c1ccc(OC)cc1)N1CCCC1.I. The molecule has 0 aromatic heterocycles. The summed E-state index contributed by atoms with van der Waals surface area (Å²) in [4.78, 5) is 9.13. The summed E-state index contributed by atoms with van der Waals surface area (Å²) in [6, 6.07) is 8.80. The highest BCUT2D eigenvalue weighted by Gasteiger charge is 2.23. The van der Waals surface area contributed by atoms with Crippen LogP contribution >= 0.6 is 24.0 Å². The Balaban J connectivity index is 0.00000364. The van der Waals surface area contributed by atoms with Gasteiger partial charge in [0, 0.05) is 20.1 Å². The van der Waals surface area contributed by atoms with E-state index in [9.17, 15) is 0 Å². The molecule has 0 radical (unpaired) electrons. The number of likely N-dealkylation sites (tertiary alicyclic amines) is 1. The number of nitrogens with one attached hydrogen (secondary N) is 2. The molecule has 7 heteroatoms. The third-order valence-electron chi connectivity index (χ3n) is 4.84. The zero-order valence-electron chi connectivity index (χ0n) is 17.2. The molecule has 1 aliphatic rings. The first-order valence-electron chi connectivity index (χ1n) is 9.61. The molecule has 1 fully saturated rings. The number of nitrogens with zero attached hydrogens (tertiary/aromatic N) is 3. The van der Waals surface area contributed by atoms with Gasteiger partial charge >= 0.3 is 0 Å². The van der Waals surface area contributed by atoms with Crippen LogP contribution in [0, 0.1) is 0 Å². The number of hydrogen-bond donors (Lipinski definition) is 2. The van der Waals surface area contributed by atoms with Crippen LogP contribution in [0.5, 0.6) is 5.75 Å². The minimum atomic E-state index is 0. The Bertz CT molecular complexity index is 544. The zero-order valence-corrected chi connectivity index (χ0v) is 19.5. The Morgan fingerprint density at radius 2 is 1.85 bits per heavy atom. The van der Waals surface area contributed by atoms with Crippen molar-refractivity contribution in [3.05, 3.63) is 29.8 Å². The van der Waals surface area contributed by atoms with Gasteiger partial charge in [0.2, 0.25) is 0 Å². The van der Waals surface area contributed by atoms with E-state index in [2.05, 4.69) is 51.7 Å². The Labute approximate surface area is 181 Å². The van der Waals surface area contributed by atoms with Gasteiger partial charge in [0.05, 0.1) is 13.2 Å². The monoisotopic (exact) mass is 489 g/mol. The van der Waals surface area contributed by atoms with Crippen molar-refractivity contribution in [1.29, 1.82) is 0 Å². The van der Waals surface area contributed by atoms with Crippen LogP contribution in [0.15, 0.2) is 29.3 Å². The molecule has 1 aromatic rings. The number of rotatable bonds is 9. The van der Waals surface area contributed by atoms with E-state index in [0.29, 0.717) is 6.04 Å². The summed E-state index contributed by atoms with van der Waals surface area (Å²) in [5, 5.41) is 6.93. The molecule has 27 heavy (non-hydrogen) atoms. The fourth-order valence-corrected chi connectivity index (χ4v) is 3.35. The lowest BCUT2D eigenvalue weighted by Crippen LogP contribution is -2.43. The normalized spacial score (nSPS) is 16.1. The largest absolute Gasteiger partial charge is 0.497 e. The fourth-order valence-electron chi connectivity index (χ4n) is 3.35. The predicted octanol–water partition coefficient (Wildman–Crippen LogP) is 2.57. The molecule has 0 spiro atoms. The molecule has 1 heterocycles. The number of benzene rings is 1. The molecule has 1 aliphatic heterocycles. The van der Waals surface area contributed by atoms with E-state index < -0.39 is 0 Å².